The third-order valence-electron chi connectivity index (χ3n) is 4.00. The lowest BCUT2D eigenvalue weighted by Crippen LogP contribution is -2.43. The summed E-state index contributed by atoms with van der Waals surface area (Å²) in [6.45, 7) is 1.88. The van der Waals surface area contributed by atoms with Crippen LogP contribution in [0.4, 0.5) is 4.39 Å². The molecule has 0 unspecified atom stereocenters. The standard InChI is InChI=1S/C16H13FN4O/c1-10-5-7-12(9-18-10)20-16(22)14-8-6-11-3-2-4-13(17)15(11)21(14)19-20/h2-5,7,9H,6,8H2,1H3/p+1. The molecule has 0 saturated heterocycles. The maximum atomic E-state index is 14.2. The monoisotopic (exact) mass is 297 g/mol. The Balaban J connectivity index is 1.95. The zero-order valence-corrected chi connectivity index (χ0v) is 12.0. The van der Waals surface area contributed by atoms with E-state index in [2.05, 4.69) is 10.2 Å². The van der Waals surface area contributed by atoms with Crippen molar-refractivity contribution >= 4 is 0 Å². The van der Waals surface area contributed by atoms with E-state index in [4.69, 9.17) is 0 Å². The van der Waals surface area contributed by atoms with Crippen molar-refractivity contribution in [1.82, 2.24) is 14.9 Å². The van der Waals surface area contributed by atoms with Gasteiger partial charge in [-0.05, 0) is 31.5 Å². The molecule has 5 nitrogen and oxygen atoms in total. The highest BCUT2D eigenvalue weighted by atomic mass is 19.1. The van der Waals surface area contributed by atoms with Gasteiger partial charge in [0.2, 0.25) is 5.69 Å². The van der Waals surface area contributed by atoms with Crippen molar-refractivity contribution in [2.75, 3.05) is 0 Å². The molecule has 1 N–H and O–H groups in total. The number of hydrogen-bond acceptors (Lipinski definition) is 2. The third kappa shape index (κ3) is 1.80. The predicted molar refractivity (Wildman–Crippen MR) is 77.8 cm³/mol. The van der Waals surface area contributed by atoms with Gasteiger partial charge in [-0.25, -0.2) is 9.18 Å². The number of H-pyrrole nitrogens is 1. The summed E-state index contributed by atoms with van der Waals surface area (Å²) in [5.74, 6) is -0.334. The lowest BCUT2D eigenvalue weighted by molar-refractivity contribution is -0.672. The number of halogens is 1. The average Bonchev–Trinajstić information content (AvgIpc) is 2.85. The van der Waals surface area contributed by atoms with Crippen LogP contribution in [0.2, 0.25) is 0 Å². The number of benzene rings is 1. The number of aromatic nitrogens is 4. The van der Waals surface area contributed by atoms with Crippen LogP contribution < -0.4 is 10.2 Å². The average molecular weight is 297 g/mol. The topological polar surface area (TPSA) is 54.6 Å². The molecular weight excluding hydrogens is 283 g/mol. The molecule has 2 aromatic heterocycles. The summed E-state index contributed by atoms with van der Waals surface area (Å²) >= 11 is 0. The SMILES string of the molecule is Cc1ccc(-n2[nH][n+]3c(c2=O)CCc2cccc(F)c2-3)cn1. The Morgan fingerprint density at radius 1 is 1.27 bits per heavy atom. The molecule has 3 heterocycles. The van der Waals surface area contributed by atoms with E-state index in [0.717, 1.165) is 11.3 Å². The van der Waals surface area contributed by atoms with Gasteiger partial charge in [-0.1, -0.05) is 22.0 Å². The van der Waals surface area contributed by atoms with Crippen LogP contribution >= 0.6 is 0 Å². The van der Waals surface area contributed by atoms with Gasteiger partial charge in [-0.3, -0.25) is 4.98 Å². The fourth-order valence-corrected chi connectivity index (χ4v) is 2.87. The summed E-state index contributed by atoms with van der Waals surface area (Å²) in [6, 6.07) is 8.63. The lowest BCUT2D eigenvalue weighted by Gasteiger charge is -2.11. The molecule has 6 heteroatoms. The van der Waals surface area contributed by atoms with Gasteiger partial charge in [0.15, 0.2) is 17.2 Å². The summed E-state index contributed by atoms with van der Waals surface area (Å²) in [6.07, 6.45) is 2.87. The molecule has 1 aliphatic rings. The molecule has 0 saturated carbocycles. The molecule has 110 valence electrons. The van der Waals surface area contributed by atoms with E-state index < -0.39 is 0 Å². The summed E-state index contributed by atoms with van der Waals surface area (Å²) in [5.41, 5.74) is 3.22. The van der Waals surface area contributed by atoms with Crippen molar-refractivity contribution in [2.24, 2.45) is 0 Å². The van der Waals surface area contributed by atoms with E-state index >= 15 is 0 Å². The molecule has 4 rings (SSSR count). The van der Waals surface area contributed by atoms with Crippen LogP contribution in [0.25, 0.3) is 11.4 Å². The molecule has 0 spiro atoms. The number of rotatable bonds is 1. The van der Waals surface area contributed by atoms with E-state index in [1.54, 1.807) is 16.9 Å². The van der Waals surface area contributed by atoms with Crippen LogP contribution in [-0.2, 0) is 12.8 Å². The van der Waals surface area contributed by atoms with Crippen LogP contribution in [-0.4, -0.2) is 14.9 Å². The Morgan fingerprint density at radius 3 is 2.91 bits per heavy atom. The summed E-state index contributed by atoms with van der Waals surface area (Å²) in [4.78, 5) is 16.8. The summed E-state index contributed by atoms with van der Waals surface area (Å²) < 4.78 is 17.1. The van der Waals surface area contributed by atoms with Crippen LogP contribution in [0.15, 0.2) is 41.3 Å². The van der Waals surface area contributed by atoms with Crippen molar-refractivity contribution in [2.45, 2.75) is 19.8 Å². The first-order valence-electron chi connectivity index (χ1n) is 7.12. The normalized spacial score (nSPS) is 12.8. The fourth-order valence-electron chi connectivity index (χ4n) is 2.87. The number of fused-ring (bicyclic) bond motifs is 3. The van der Waals surface area contributed by atoms with Gasteiger partial charge in [-0.2, -0.15) is 0 Å². The largest absolute Gasteiger partial charge is 0.402 e. The molecule has 0 bridgehead atoms. The Hall–Kier alpha value is -2.76. The molecule has 0 fully saturated rings. The number of aryl methyl sites for hydroxylation is 2. The van der Waals surface area contributed by atoms with Gasteiger partial charge < -0.3 is 0 Å². The minimum atomic E-state index is -0.334. The molecule has 0 amide bonds. The number of aromatic amines is 1. The first kappa shape index (κ1) is 12.9. The molecule has 22 heavy (non-hydrogen) atoms. The van der Waals surface area contributed by atoms with E-state index in [0.29, 0.717) is 29.9 Å². The summed E-state index contributed by atoms with van der Waals surface area (Å²) in [7, 11) is 0. The van der Waals surface area contributed by atoms with Crippen LogP contribution in [0.1, 0.15) is 17.0 Å². The summed E-state index contributed by atoms with van der Waals surface area (Å²) in [5, 5.41) is 2.98. The number of pyridine rings is 1. The molecule has 1 aromatic carbocycles. The minimum absolute atomic E-state index is 0.167. The van der Waals surface area contributed by atoms with Crippen molar-refractivity contribution in [3.8, 4) is 11.4 Å². The van der Waals surface area contributed by atoms with Crippen molar-refractivity contribution < 1.29 is 9.07 Å². The van der Waals surface area contributed by atoms with Gasteiger partial charge in [0.05, 0.1) is 6.20 Å². The number of hydrogen-bond donors (Lipinski definition) is 1. The maximum Gasteiger partial charge on any atom is 0.402 e. The molecule has 0 aliphatic carbocycles. The highest BCUT2D eigenvalue weighted by Gasteiger charge is 2.31. The lowest BCUT2D eigenvalue weighted by atomic mass is 10.0. The Kier molecular flexibility index (Phi) is 2.72. The van der Waals surface area contributed by atoms with E-state index in [1.165, 1.54) is 10.7 Å². The Labute approximate surface area is 125 Å². The Bertz CT molecular complexity index is 924. The molecule has 1 aliphatic heterocycles. The zero-order valence-electron chi connectivity index (χ0n) is 12.0. The van der Waals surface area contributed by atoms with Crippen molar-refractivity contribution in [3.05, 3.63) is 69.7 Å². The second kappa shape index (κ2) is 4.62. The van der Waals surface area contributed by atoms with Crippen molar-refractivity contribution in [3.63, 3.8) is 0 Å². The number of nitrogens with one attached hydrogen (secondary N) is 1. The molecular formula is C16H14FN4O+. The molecule has 0 radical (unpaired) electrons. The first-order valence-corrected chi connectivity index (χ1v) is 7.12. The second-order valence-electron chi connectivity index (χ2n) is 5.43. The van der Waals surface area contributed by atoms with E-state index in [9.17, 15) is 9.18 Å². The zero-order chi connectivity index (χ0) is 15.3. The number of nitrogens with zero attached hydrogens (tertiary/aromatic N) is 3. The van der Waals surface area contributed by atoms with Crippen molar-refractivity contribution in [1.29, 1.82) is 0 Å². The minimum Gasteiger partial charge on any atom is -0.257 e. The van der Waals surface area contributed by atoms with E-state index in [1.807, 2.05) is 25.1 Å². The van der Waals surface area contributed by atoms with Gasteiger partial charge in [0, 0.05) is 17.7 Å². The van der Waals surface area contributed by atoms with Gasteiger partial charge in [0.1, 0.15) is 0 Å². The third-order valence-corrected chi connectivity index (χ3v) is 4.00. The van der Waals surface area contributed by atoms with Gasteiger partial charge in [0.25, 0.3) is 0 Å². The van der Waals surface area contributed by atoms with Gasteiger partial charge >= 0.3 is 5.56 Å². The number of para-hydroxylation sites is 1. The van der Waals surface area contributed by atoms with Crippen LogP contribution in [0.5, 0.6) is 0 Å². The molecule has 0 atom stereocenters. The maximum absolute atomic E-state index is 14.2. The highest BCUT2D eigenvalue weighted by Crippen LogP contribution is 2.19. The molecule has 3 aromatic rings. The highest BCUT2D eigenvalue weighted by molar-refractivity contribution is 5.37. The fraction of sp³-hybridized carbons (Fsp3) is 0.188. The predicted octanol–water partition coefficient (Wildman–Crippen LogP) is 1.38. The Morgan fingerprint density at radius 2 is 2.14 bits per heavy atom. The van der Waals surface area contributed by atoms with Gasteiger partial charge in [-0.15, -0.1) is 4.68 Å². The second-order valence-corrected chi connectivity index (χ2v) is 5.43. The van der Waals surface area contributed by atoms with Crippen LogP contribution in [0, 0.1) is 12.7 Å². The van der Waals surface area contributed by atoms with E-state index in [-0.39, 0.29) is 11.4 Å². The first-order chi connectivity index (χ1) is 10.6. The van der Waals surface area contributed by atoms with Crippen LogP contribution in [0.3, 0.4) is 0 Å². The quantitative estimate of drug-likeness (QED) is 0.690. The smallest absolute Gasteiger partial charge is 0.257 e.